The molecule has 2 aromatic carbocycles. The van der Waals surface area contributed by atoms with E-state index < -0.39 is 0 Å². The van der Waals surface area contributed by atoms with Crippen molar-refractivity contribution in [2.24, 2.45) is 5.73 Å². The lowest BCUT2D eigenvalue weighted by atomic mass is 10.3. The summed E-state index contributed by atoms with van der Waals surface area (Å²) in [5.74, 6) is 1.89. The van der Waals surface area contributed by atoms with Crippen LogP contribution in [-0.2, 0) is 11.3 Å². The Labute approximate surface area is 149 Å². The number of benzene rings is 2. The smallest absolute Gasteiger partial charge is 0.237 e. The van der Waals surface area contributed by atoms with E-state index in [1.54, 1.807) is 7.11 Å². The molecular weight excluding hydrogens is 338 g/mol. The van der Waals surface area contributed by atoms with Crippen molar-refractivity contribution in [3.05, 3.63) is 48.5 Å². The van der Waals surface area contributed by atoms with Gasteiger partial charge in [0, 0.05) is 5.75 Å². The Morgan fingerprint density at radius 1 is 1.16 bits per heavy atom. The van der Waals surface area contributed by atoms with E-state index in [1.807, 2.05) is 53.1 Å². The average molecular weight is 357 g/mol. The van der Waals surface area contributed by atoms with Crippen LogP contribution in [0.5, 0.6) is 11.5 Å². The van der Waals surface area contributed by atoms with Crippen molar-refractivity contribution in [3.8, 4) is 11.5 Å². The van der Waals surface area contributed by atoms with Gasteiger partial charge in [-0.15, -0.1) is 0 Å². The van der Waals surface area contributed by atoms with Crippen molar-refractivity contribution in [2.75, 3.05) is 19.5 Å². The minimum atomic E-state index is -0.389. The predicted molar refractivity (Wildman–Crippen MR) is 98.1 cm³/mol. The number of rotatable bonds is 8. The molecule has 0 radical (unpaired) electrons. The highest BCUT2D eigenvalue weighted by molar-refractivity contribution is 7.99. The van der Waals surface area contributed by atoms with Crippen LogP contribution in [0.2, 0.25) is 0 Å². The van der Waals surface area contributed by atoms with Crippen molar-refractivity contribution in [1.29, 1.82) is 0 Å². The first-order valence-corrected chi connectivity index (χ1v) is 8.79. The third kappa shape index (κ3) is 4.24. The van der Waals surface area contributed by atoms with Gasteiger partial charge >= 0.3 is 0 Å². The topological polar surface area (TPSA) is 79.4 Å². The quantitative estimate of drug-likeness (QED) is 0.495. The fourth-order valence-electron chi connectivity index (χ4n) is 2.44. The Morgan fingerprint density at radius 3 is 2.60 bits per heavy atom. The summed E-state index contributed by atoms with van der Waals surface area (Å²) in [7, 11) is 1.63. The summed E-state index contributed by atoms with van der Waals surface area (Å²) in [6.45, 7) is 0.638. The van der Waals surface area contributed by atoms with E-state index in [4.69, 9.17) is 15.2 Å². The Bertz CT molecular complexity index is 862. The first kappa shape index (κ1) is 17.2. The van der Waals surface area contributed by atoms with E-state index in [-0.39, 0.29) is 12.5 Å². The number of hydrogen-bond acceptors (Lipinski definition) is 5. The van der Waals surface area contributed by atoms with E-state index in [0.717, 1.165) is 27.7 Å². The maximum atomic E-state index is 11.4. The SMILES string of the molecule is COc1ccc(OCCSc2nc3ccccc3n2CC(N)=O)cc1. The Kier molecular flexibility index (Phi) is 5.45. The summed E-state index contributed by atoms with van der Waals surface area (Å²) in [5, 5.41) is 0.762. The lowest BCUT2D eigenvalue weighted by Gasteiger charge is -2.08. The number of carbonyl (C=O) groups is 1. The maximum absolute atomic E-state index is 11.4. The van der Waals surface area contributed by atoms with Gasteiger partial charge in [-0.2, -0.15) is 0 Å². The number of amides is 1. The fraction of sp³-hybridized carbons (Fsp3) is 0.222. The first-order valence-electron chi connectivity index (χ1n) is 7.80. The number of primary amides is 1. The highest BCUT2D eigenvalue weighted by Gasteiger charge is 2.12. The molecule has 0 unspecified atom stereocenters. The molecule has 0 aliphatic rings. The van der Waals surface area contributed by atoms with Gasteiger partial charge in [0.2, 0.25) is 5.91 Å². The molecule has 7 heteroatoms. The van der Waals surface area contributed by atoms with Gasteiger partial charge in [0.15, 0.2) is 5.16 Å². The molecule has 0 bridgehead atoms. The lowest BCUT2D eigenvalue weighted by molar-refractivity contribution is -0.118. The minimum Gasteiger partial charge on any atom is -0.497 e. The van der Waals surface area contributed by atoms with Crippen LogP contribution in [0, 0.1) is 0 Å². The molecule has 0 fully saturated rings. The molecule has 0 atom stereocenters. The molecule has 1 heterocycles. The van der Waals surface area contributed by atoms with Gasteiger partial charge < -0.3 is 19.8 Å². The standard InChI is InChI=1S/C18H19N3O3S/c1-23-13-6-8-14(9-7-13)24-10-11-25-18-20-15-4-2-3-5-16(15)21(18)12-17(19)22/h2-9H,10-12H2,1H3,(H2,19,22). The Morgan fingerprint density at radius 2 is 1.88 bits per heavy atom. The van der Waals surface area contributed by atoms with Crippen LogP contribution in [0.3, 0.4) is 0 Å². The number of aromatic nitrogens is 2. The van der Waals surface area contributed by atoms with E-state index in [9.17, 15) is 4.79 Å². The van der Waals surface area contributed by atoms with Crippen LogP contribution in [-0.4, -0.2) is 34.9 Å². The zero-order valence-electron chi connectivity index (χ0n) is 13.8. The third-order valence-corrected chi connectivity index (χ3v) is 4.52. The summed E-state index contributed by atoms with van der Waals surface area (Å²) in [4.78, 5) is 15.9. The summed E-state index contributed by atoms with van der Waals surface area (Å²) < 4.78 is 12.7. The molecule has 6 nitrogen and oxygen atoms in total. The van der Waals surface area contributed by atoms with E-state index in [0.29, 0.717) is 12.4 Å². The first-order chi connectivity index (χ1) is 12.2. The molecule has 25 heavy (non-hydrogen) atoms. The molecule has 1 amide bonds. The summed E-state index contributed by atoms with van der Waals surface area (Å²) in [6.07, 6.45) is 0. The van der Waals surface area contributed by atoms with Crippen LogP contribution in [0.4, 0.5) is 0 Å². The van der Waals surface area contributed by atoms with Crippen LogP contribution < -0.4 is 15.2 Å². The lowest BCUT2D eigenvalue weighted by Crippen LogP contribution is -2.19. The van der Waals surface area contributed by atoms with E-state index in [2.05, 4.69) is 4.98 Å². The van der Waals surface area contributed by atoms with Gasteiger partial charge in [0.25, 0.3) is 0 Å². The Hall–Kier alpha value is -2.67. The number of para-hydroxylation sites is 2. The predicted octanol–water partition coefficient (Wildman–Crippen LogP) is 2.70. The van der Waals surface area contributed by atoms with Gasteiger partial charge in [-0.25, -0.2) is 4.98 Å². The molecule has 1 aromatic heterocycles. The second kappa shape index (κ2) is 7.94. The number of thioether (sulfide) groups is 1. The number of ether oxygens (including phenoxy) is 2. The van der Waals surface area contributed by atoms with Gasteiger partial charge in [-0.05, 0) is 36.4 Å². The van der Waals surface area contributed by atoms with Crippen molar-refractivity contribution in [1.82, 2.24) is 9.55 Å². The molecule has 3 rings (SSSR count). The number of methoxy groups -OCH3 is 1. The third-order valence-electron chi connectivity index (χ3n) is 3.58. The monoisotopic (exact) mass is 357 g/mol. The second-order valence-corrected chi connectivity index (χ2v) is 6.37. The zero-order valence-corrected chi connectivity index (χ0v) is 14.7. The summed E-state index contributed by atoms with van der Waals surface area (Å²) in [6, 6.07) is 15.1. The number of hydrogen-bond donors (Lipinski definition) is 1. The van der Waals surface area contributed by atoms with Crippen molar-refractivity contribution in [2.45, 2.75) is 11.7 Å². The van der Waals surface area contributed by atoms with Crippen LogP contribution >= 0.6 is 11.8 Å². The molecule has 2 N–H and O–H groups in total. The Balaban J connectivity index is 1.63. The molecule has 0 saturated heterocycles. The number of fused-ring (bicyclic) bond motifs is 1. The van der Waals surface area contributed by atoms with Crippen molar-refractivity contribution >= 4 is 28.7 Å². The van der Waals surface area contributed by atoms with Crippen LogP contribution in [0.15, 0.2) is 53.7 Å². The summed E-state index contributed by atoms with van der Waals surface area (Å²) >= 11 is 1.54. The molecular formula is C18H19N3O3S. The molecule has 0 aliphatic carbocycles. The fourth-order valence-corrected chi connectivity index (χ4v) is 3.27. The van der Waals surface area contributed by atoms with Gasteiger partial charge in [0.05, 0.1) is 24.8 Å². The second-order valence-electron chi connectivity index (χ2n) is 5.31. The zero-order chi connectivity index (χ0) is 17.6. The minimum absolute atomic E-state index is 0.113. The van der Waals surface area contributed by atoms with Crippen LogP contribution in [0.25, 0.3) is 11.0 Å². The van der Waals surface area contributed by atoms with E-state index >= 15 is 0 Å². The van der Waals surface area contributed by atoms with Gasteiger partial charge in [-0.3, -0.25) is 4.79 Å². The number of nitrogens with zero attached hydrogens (tertiary/aromatic N) is 2. The van der Waals surface area contributed by atoms with E-state index in [1.165, 1.54) is 11.8 Å². The molecule has 130 valence electrons. The normalized spacial score (nSPS) is 10.8. The largest absolute Gasteiger partial charge is 0.497 e. The average Bonchev–Trinajstić information content (AvgIpc) is 2.96. The van der Waals surface area contributed by atoms with Crippen LogP contribution in [0.1, 0.15) is 0 Å². The number of imidazole rings is 1. The molecule has 0 saturated carbocycles. The molecule has 0 aliphatic heterocycles. The highest BCUT2D eigenvalue weighted by Crippen LogP contribution is 2.24. The van der Waals surface area contributed by atoms with Gasteiger partial charge in [-0.1, -0.05) is 23.9 Å². The molecule has 0 spiro atoms. The van der Waals surface area contributed by atoms with Crippen molar-refractivity contribution < 1.29 is 14.3 Å². The molecule has 3 aromatic rings. The number of nitrogens with two attached hydrogens (primary N) is 1. The summed E-state index contributed by atoms with van der Waals surface area (Å²) in [5.41, 5.74) is 7.12. The number of carbonyl (C=O) groups excluding carboxylic acids is 1. The van der Waals surface area contributed by atoms with Crippen molar-refractivity contribution in [3.63, 3.8) is 0 Å². The van der Waals surface area contributed by atoms with Gasteiger partial charge in [0.1, 0.15) is 18.0 Å². The highest BCUT2D eigenvalue weighted by atomic mass is 32.2. The maximum Gasteiger partial charge on any atom is 0.237 e.